The largest absolute Gasteiger partial charge is 0.484 e. The molecule has 0 aliphatic heterocycles. The number of nitrogens with zero attached hydrogens (tertiary/aromatic N) is 1. The van der Waals surface area contributed by atoms with Crippen LogP contribution in [0.25, 0.3) is 0 Å². The predicted octanol–water partition coefficient (Wildman–Crippen LogP) is 2.92. The fourth-order valence-electron chi connectivity index (χ4n) is 1.51. The van der Waals surface area contributed by atoms with Crippen molar-refractivity contribution in [1.29, 1.82) is 0 Å². The first-order valence-electron chi connectivity index (χ1n) is 5.80. The van der Waals surface area contributed by atoms with Crippen LogP contribution >= 0.6 is 22.6 Å². The molecule has 1 heterocycles. The van der Waals surface area contributed by atoms with Crippen molar-refractivity contribution in [2.24, 2.45) is 0 Å². The molecule has 0 saturated carbocycles. The number of carbonyl (C=O) groups excluding carboxylic acids is 1. The number of likely N-dealkylation sites (N-methyl/N-ethyl adjacent to an activating group) is 1. The smallest absolute Gasteiger partial charge is 0.260 e. The summed E-state index contributed by atoms with van der Waals surface area (Å²) in [4.78, 5) is 13.4. The summed E-state index contributed by atoms with van der Waals surface area (Å²) < 4.78 is 11.8. The van der Waals surface area contributed by atoms with E-state index in [0.717, 1.165) is 9.33 Å². The molecule has 1 aromatic heterocycles. The number of benzene rings is 1. The van der Waals surface area contributed by atoms with Gasteiger partial charge in [-0.2, -0.15) is 0 Å². The maximum Gasteiger partial charge on any atom is 0.260 e. The summed E-state index contributed by atoms with van der Waals surface area (Å²) in [5.74, 6) is 1.36. The zero-order valence-electron chi connectivity index (χ0n) is 10.5. The number of hydrogen-bond acceptors (Lipinski definition) is 3. The highest BCUT2D eigenvalue weighted by Gasteiger charge is 2.11. The van der Waals surface area contributed by atoms with Gasteiger partial charge in [-0.15, -0.1) is 0 Å². The second kappa shape index (κ2) is 6.60. The Balaban J connectivity index is 1.82. The fraction of sp³-hybridized carbons (Fsp3) is 0.214. The van der Waals surface area contributed by atoms with E-state index in [1.807, 2.05) is 30.3 Å². The van der Waals surface area contributed by atoms with E-state index in [1.54, 1.807) is 24.3 Å². The Morgan fingerprint density at radius 2 is 2.05 bits per heavy atom. The summed E-state index contributed by atoms with van der Waals surface area (Å²) in [6.45, 7) is 0.472. The van der Waals surface area contributed by atoms with Crippen LogP contribution < -0.4 is 4.74 Å². The lowest BCUT2D eigenvalue weighted by Gasteiger charge is -2.16. The van der Waals surface area contributed by atoms with Crippen molar-refractivity contribution in [3.05, 3.63) is 52.0 Å². The maximum atomic E-state index is 11.9. The van der Waals surface area contributed by atoms with E-state index in [4.69, 9.17) is 9.15 Å². The number of furan rings is 1. The molecule has 19 heavy (non-hydrogen) atoms. The molecule has 4 nitrogen and oxygen atoms in total. The monoisotopic (exact) mass is 371 g/mol. The van der Waals surface area contributed by atoms with Gasteiger partial charge in [-0.3, -0.25) is 4.79 Å². The zero-order valence-corrected chi connectivity index (χ0v) is 12.7. The summed E-state index contributed by atoms with van der Waals surface area (Å²) in [5, 5.41) is 0. The number of rotatable bonds is 5. The molecule has 0 aliphatic carbocycles. The fourth-order valence-corrected chi connectivity index (χ4v) is 1.87. The molecule has 0 aliphatic rings. The number of hydrogen-bond donors (Lipinski definition) is 0. The van der Waals surface area contributed by atoms with Crippen LogP contribution in [0.4, 0.5) is 0 Å². The predicted molar refractivity (Wildman–Crippen MR) is 79.8 cm³/mol. The van der Waals surface area contributed by atoms with E-state index in [-0.39, 0.29) is 12.5 Å². The standard InChI is InChI=1S/C14H14INO3/c1-16(9-13-3-2-8-18-13)14(17)10-19-12-6-4-11(15)5-7-12/h2-8H,9-10H2,1H3. The summed E-state index contributed by atoms with van der Waals surface area (Å²) in [5.41, 5.74) is 0. The second-order valence-electron chi connectivity index (χ2n) is 4.07. The third kappa shape index (κ3) is 4.27. The van der Waals surface area contributed by atoms with Gasteiger partial charge in [0.15, 0.2) is 6.61 Å². The molecule has 2 aromatic rings. The molecule has 0 atom stereocenters. The molecule has 2 rings (SSSR count). The molecular formula is C14H14INO3. The summed E-state index contributed by atoms with van der Waals surface area (Å²) in [7, 11) is 1.72. The van der Waals surface area contributed by atoms with Gasteiger partial charge in [0.2, 0.25) is 0 Å². The quantitative estimate of drug-likeness (QED) is 0.760. The number of carbonyl (C=O) groups is 1. The van der Waals surface area contributed by atoms with E-state index < -0.39 is 0 Å². The molecule has 5 heteroatoms. The first-order chi connectivity index (χ1) is 9.15. The van der Waals surface area contributed by atoms with Crippen LogP contribution in [-0.2, 0) is 11.3 Å². The van der Waals surface area contributed by atoms with E-state index in [0.29, 0.717) is 12.3 Å². The van der Waals surface area contributed by atoms with E-state index in [9.17, 15) is 4.79 Å². The van der Waals surface area contributed by atoms with Gasteiger partial charge in [-0.05, 0) is 59.0 Å². The van der Waals surface area contributed by atoms with Crippen LogP contribution in [0.15, 0.2) is 47.1 Å². The van der Waals surface area contributed by atoms with Crippen molar-refractivity contribution >= 4 is 28.5 Å². The number of halogens is 1. The number of ether oxygens (including phenoxy) is 1. The Morgan fingerprint density at radius 3 is 2.68 bits per heavy atom. The van der Waals surface area contributed by atoms with Crippen LogP contribution in [0.2, 0.25) is 0 Å². The third-order valence-electron chi connectivity index (χ3n) is 2.57. The van der Waals surface area contributed by atoms with Crippen LogP contribution in [0.3, 0.4) is 0 Å². The summed E-state index contributed by atoms with van der Waals surface area (Å²) in [6.07, 6.45) is 1.59. The third-order valence-corrected chi connectivity index (χ3v) is 3.29. The summed E-state index contributed by atoms with van der Waals surface area (Å²) >= 11 is 2.22. The van der Waals surface area contributed by atoms with Gasteiger partial charge in [0.1, 0.15) is 11.5 Å². The molecule has 0 spiro atoms. The molecule has 0 fully saturated rings. The Bertz CT molecular complexity index is 522. The van der Waals surface area contributed by atoms with Gasteiger partial charge >= 0.3 is 0 Å². The lowest BCUT2D eigenvalue weighted by molar-refractivity contribution is -0.132. The molecular weight excluding hydrogens is 357 g/mol. The highest BCUT2D eigenvalue weighted by molar-refractivity contribution is 14.1. The van der Waals surface area contributed by atoms with Crippen molar-refractivity contribution in [2.45, 2.75) is 6.54 Å². The molecule has 0 unspecified atom stereocenters. The molecule has 1 amide bonds. The van der Waals surface area contributed by atoms with E-state index >= 15 is 0 Å². The van der Waals surface area contributed by atoms with Crippen molar-refractivity contribution in [3.63, 3.8) is 0 Å². The van der Waals surface area contributed by atoms with Crippen LogP contribution in [0.1, 0.15) is 5.76 Å². The summed E-state index contributed by atoms with van der Waals surface area (Å²) in [6, 6.07) is 11.2. The molecule has 0 bridgehead atoms. The van der Waals surface area contributed by atoms with Crippen molar-refractivity contribution in [2.75, 3.05) is 13.7 Å². The first-order valence-corrected chi connectivity index (χ1v) is 6.88. The first kappa shape index (κ1) is 13.9. The molecule has 0 saturated heterocycles. The van der Waals surface area contributed by atoms with Gasteiger partial charge in [0, 0.05) is 10.6 Å². The minimum Gasteiger partial charge on any atom is -0.484 e. The Labute approximate surface area is 125 Å². The van der Waals surface area contributed by atoms with Gasteiger partial charge < -0.3 is 14.1 Å². The minimum atomic E-state index is -0.0880. The molecule has 1 aromatic carbocycles. The lowest BCUT2D eigenvalue weighted by Crippen LogP contribution is -2.30. The normalized spacial score (nSPS) is 10.2. The number of amides is 1. The van der Waals surface area contributed by atoms with Crippen LogP contribution in [-0.4, -0.2) is 24.5 Å². The van der Waals surface area contributed by atoms with Gasteiger partial charge in [-0.25, -0.2) is 0 Å². The maximum absolute atomic E-state index is 11.9. The lowest BCUT2D eigenvalue weighted by atomic mass is 10.3. The average molecular weight is 371 g/mol. The Kier molecular flexibility index (Phi) is 4.84. The van der Waals surface area contributed by atoms with Gasteiger partial charge in [-0.1, -0.05) is 0 Å². The highest BCUT2D eigenvalue weighted by atomic mass is 127. The van der Waals surface area contributed by atoms with Crippen molar-refractivity contribution in [3.8, 4) is 5.75 Å². The Morgan fingerprint density at radius 1 is 1.32 bits per heavy atom. The highest BCUT2D eigenvalue weighted by Crippen LogP contribution is 2.13. The van der Waals surface area contributed by atoms with Crippen molar-refractivity contribution in [1.82, 2.24) is 4.90 Å². The SMILES string of the molecule is CN(Cc1ccco1)C(=O)COc1ccc(I)cc1. The molecule has 100 valence electrons. The van der Waals surface area contributed by atoms with Gasteiger partial charge in [0.05, 0.1) is 12.8 Å². The van der Waals surface area contributed by atoms with Crippen LogP contribution in [0.5, 0.6) is 5.75 Å². The average Bonchev–Trinajstić information content (AvgIpc) is 2.90. The Hall–Kier alpha value is -1.50. The zero-order chi connectivity index (χ0) is 13.7. The van der Waals surface area contributed by atoms with Crippen LogP contribution in [0, 0.1) is 3.57 Å². The minimum absolute atomic E-state index is 0.0256. The topological polar surface area (TPSA) is 42.7 Å². The van der Waals surface area contributed by atoms with Crippen molar-refractivity contribution < 1.29 is 13.9 Å². The van der Waals surface area contributed by atoms with E-state index in [1.165, 1.54) is 0 Å². The van der Waals surface area contributed by atoms with Gasteiger partial charge in [0.25, 0.3) is 5.91 Å². The molecule has 0 N–H and O–H groups in total. The van der Waals surface area contributed by atoms with E-state index in [2.05, 4.69) is 22.6 Å². The molecule has 0 radical (unpaired) electrons. The second-order valence-corrected chi connectivity index (χ2v) is 5.32.